The van der Waals surface area contributed by atoms with E-state index in [1.165, 1.54) is 12.5 Å². The lowest BCUT2D eigenvalue weighted by molar-refractivity contribution is -0.135. The van der Waals surface area contributed by atoms with E-state index < -0.39 is 0 Å². The summed E-state index contributed by atoms with van der Waals surface area (Å²) in [7, 11) is 1.61. The van der Waals surface area contributed by atoms with Gasteiger partial charge in [-0.05, 0) is 5.56 Å². The van der Waals surface area contributed by atoms with Crippen LogP contribution in [0.1, 0.15) is 18.9 Å². The lowest BCUT2D eigenvalue weighted by Crippen LogP contribution is -2.49. The van der Waals surface area contributed by atoms with Crippen LogP contribution in [0.4, 0.5) is 0 Å². The minimum absolute atomic E-state index is 0.0162. The van der Waals surface area contributed by atoms with Crippen molar-refractivity contribution in [2.24, 2.45) is 0 Å². The van der Waals surface area contributed by atoms with Crippen LogP contribution in [-0.2, 0) is 20.9 Å². The van der Waals surface area contributed by atoms with E-state index in [9.17, 15) is 9.59 Å². The maximum Gasteiger partial charge on any atom is 0.224 e. The fourth-order valence-electron chi connectivity index (χ4n) is 3.01. The lowest BCUT2D eigenvalue weighted by Gasteiger charge is -2.35. The summed E-state index contributed by atoms with van der Waals surface area (Å²) in [4.78, 5) is 30.0. The Labute approximate surface area is 150 Å². The van der Waals surface area contributed by atoms with Crippen molar-refractivity contribution in [3.05, 3.63) is 35.9 Å². The van der Waals surface area contributed by atoms with Gasteiger partial charge in [-0.1, -0.05) is 30.3 Å². The van der Waals surface area contributed by atoms with Crippen molar-refractivity contribution in [3.63, 3.8) is 0 Å². The molecule has 1 aromatic carbocycles. The summed E-state index contributed by atoms with van der Waals surface area (Å²) in [6.45, 7) is 7.23. The zero-order valence-electron chi connectivity index (χ0n) is 15.3. The summed E-state index contributed by atoms with van der Waals surface area (Å²) in [5.74, 6) is 0.112. The fourth-order valence-corrected chi connectivity index (χ4v) is 3.01. The molecule has 1 aromatic rings. The van der Waals surface area contributed by atoms with E-state index in [1.54, 1.807) is 12.0 Å². The van der Waals surface area contributed by atoms with Crippen molar-refractivity contribution in [1.29, 1.82) is 0 Å². The summed E-state index contributed by atoms with van der Waals surface area (Å²) in [5.41, 5.74) is 1.30. The Morgan fingerprint density at radius 2 is 1.76 bits per heavy atom. The predicted molar refractivity (Wildman–Crippen MR) is 97.0 cm³/mol. The number of benzene rings is 1. The minimum Gasteiger partial charge on any atom is -0.383 e. The Bertz CT molecular complexity index is 542. The lowest BCUT2D eigenvalue weighted by atomic mass is 10.2. The van der Waals surface area contributed by atoms with Gasteiger partial charge in [-0.25, -0.2) is 0 Å². The third-order valence-electron chi connectivity index (χ3n) is 4.58. The number of rotatable bonds is 8. The number of ether oxygens (including phenoxy) is 1. The summed E-state index contributed by atoms with van der Waals surface area (Å²) in [6.07, 6.45) is 0.377. The average molecular weight is 347 g/mol. The minimum atomic E-state index is -0.0162. The molecule has 0 spiro atoms. The van der Waals surface area contributed by atoms with Crippen molar-refractivity contribution in [2.75, 3.05) is 53.0 Å². The van der Waals surface area contributed by atoms with Gasteiger partial charge in [0.15, 0.2) is 0 Å². The molecule has 25 heavy (non-hydrogen) atoms. The van der Waals surface area contributed by atoms with Crippen LogP contribution < -0.4 is 0 Å². The number of carbonyl (C=O) groups is 2. The molecule has 0 unspecified atom stereocenters. The van der Waals surface area contributed by atoms with Crippen LogP contribution in [0.5, 0.6) is 0 Å². The molecule has 0 saturated carbocycles. The molecule has 1 saturated heterocycles. The van der Waals surface area contributed by atoms with E-state index in [0.29, 0.717) is 26.1 Å². The number of nitrogens with zero attached hydrogens (tertiary/aromatic N) is 3. The second-order valence-corrected chi connectivity index (χ2v) is 6.39. The Kier molecular flexibility index (Phi) is 7.88. The highest BCUT2D eigenvalue weighted by atomic mass is 16.5. The topological polar surface area (TPSA) is 53.1 Å². The third kappa shape index (κ3) is 6.48. The second kappa shape index (κ2) is 10.2. The molecule has 0 atom stereocenters. The first-order valence-electron chi connectivity index (χ1n) is 8.88. The highest BCUT2D eigenvalue weighted by Gasteiger charge is 2.21. The Morgan fingerprint density at radius 1 is 1.08 bits per heavy atom. The largest absolute Gasteiger partial charge is 0.383 e. The summed E-state index contributed by atoms with van der Waals surface area (Å²) >= 11 is 0. The normalized spacial score (nSPS) is 15.2. The maximum atomic E-state index is 12.4. The highest BCUT2D eigenvalue weighted by Crippen LogP contribution is 2.09. The zero-order chi connectivity index (χ0) is 18.1. The van der Waals surface area contributed by atoms with E-state index in [2.05, 4.69) is 29.2 Å². The molecule has 0 aliphatic carbocycles. The molecular weight excluding hydrogens is 318 g/mol. The number of methoxy groups -OCH3 is 1. The molecule has 6 heteroatoms. The average Bonchev–Trinajstić information content (AvgIpc) is 2.62. The van der Waals surface area contributed by atoms with E-state index in [0.717, 1.165) is 32.7 Å². The molecule has 2 amide bonds. The van der Waals surface area contributed by atoms with E-state index in [1.807, 2.05) is 11.0 Å². The van der Waals surface area contributed by atoms with Crippen LogP contribution in [0.25, 0.3) is 0 Å². The van der Waals surface area contributed by atoms with E-state index >= 15 is 0 Å². The van der Waals surface area contributed by atoms with Crippen molar-refractivity contribution in [1.82, 2.24) is 14.7 Å². The first kappa shape index (κ1) is 19.4. The molecule has 1 aliphatic rings. The Hall–Kier alpha value is -1.92. The van der Waals surface area contributed by atoms with Crippen LogP contribution in [0.2, 0.25) is 0 Å². The molecule has 1 fully saturated rings. The van der Waals surface area contributed by atoms with E-state index in [-0.39, 0.29) is 11.8 Å². The molecule has 1 aliphatic heterocycles. The van der Waals surface area contributed by atoms with Crippen LogP contribution in [0.15, 0.2) is 30.3 Å². The molecule has 1 heterocycles. The first-order valence-corrected chi connectivity index (χ1v) is 8.88. The van der Waals surface area contributed by atoms with Gasteiger partial charge in [-0.15, -0.1) is 0 Å². The zero-order valence-corrected chi connectivity index (χ0v) is 15.3. The summed E-state index contributed by atoms with van der Waals surface area (Å²) in [5, 5.41) is 0. The standard InChI is InChI=1S/C19H29N3O3/c1-17(23)21(14-15-25-2)9-8-19(24)22-12-10-20(11-13-22)16-18-6-4-3-5-7-18/h3-7H,8-16H2,1-2H3. The maximum absolute atomic E-state index is 12.4. The fraction of sp³-hybridized carbons (Fsp3) is 0.579. The molecule has 2 rings (SSSR count). The smallest absolute Gasteiger partial charge is 0.224 e. The molecule has 6 nitrogen and oxygen atoms in total. The molecule has 0 aromatic heterocycles. The van der Waals surface area contributed by atoms with Gasteiger partial charge in [0.05, 0.1) is 6.61 Å². The number of hydrogen-bond acceptors (Lipinski definition) is 4. The van der Waals surface area contributed by atoms with Gasteiger partial charge in [0, 0.05) is 66.3 Å². The monoisotopic (exact) mass is 347 g/mol. The Balaban J connectivity index is 1.72. The number of amides is 2. The number of hydrogen-bond donors (Lipinski definition) is 0. The first-order chi connectivity index (χ1) is 12.1. The summed E-state index contributed by atoms with van der Waals surface area (Å²) < 4.78 is 5.01. The third-order valence-corrected chi connectivity index (χ3v) is 4.58. The van der Waals surface area contributed by atoms with Crippen LogP contribution in [-0.4, -0.2) is 79.5 Å². The molecule has 138 valence electrons. The van der Waals surface area contributed by atoms with Gasteiger partial charge in [-0.2, -0.15) is 0 Å². The van der Waals surface area contributed by atoms with Crippen LogP contribution in [0.3, 0.4) is 0 Å². The molecule has 0 N–H and O–H groups in total. The van der Waals surface area contributed by atoms with E-state index in [4.69, 9.17) is 4.74 Å². The van der Waals surface area contributed by atoms with Gasteiger partial charge in [0.2, 0.25) is 11.8 Å². The molecular formula is C19H29N3O3. The predicted octanol–water partition coefficient (Wildman–Crippen LogP) is 1.22. The van der Waals surface area contributed by atoms with Crippen LogP contribution in [0, 0.1) is 0 Å². The van der Waals surface area contributed by atoms with Gasteiger partial charge in [-0.3, -0.25) is 14.5 Å². The summed E-state index contributed by atoms with van der Waals surface area (Å²) in [6, 6.07) is 10.4. The highest BCUT2D eigenvalue weighted by molar-refractivity contribution is 5.78. The second-order valence-electron chi connectivity index (χ2n) is 6.39. The van der Waals surface area contributed by atoms with Gasteiger partial charge in [0.1, 0.15) is 0 Å². The van der Waals surface area contributed by atoms with Crippen LogP contribution >= 0.6 is 0 Å². The van der Waals surface area contributed by atoms with Crippen molar-refractivity contribution < 1.29 is 14.3 Å². The Morgan fingerprint density at radius 3 is 2.36 bits per heavy atom. The number of carbonyl (C=O) groups excluding carboxylic acids is 2. The quantitative estimate of drug-likeness (QED) is 0.709. The van der Waals surface area contributed by atoms with Gasteiger partial charge in [0.25, 0.3) is 0 Å². The van der Waals surface area contributed by atoms with Gasteiger partial charge < -0.3 is 14.5 Å². The van der Waals surface area contributed by atoms with Crippen molar-refractivity contribution >= 4 is 11.8 Å². The van der Waals surface area contributed by atoms with Gasteiger partial charge >= 0.3 is 0 Å². The van der Waals surface area contributed by atoms with Crippen molar-refractivity contribution in [2.45, 2.75) is 19.9 Å². The molecule has 0 radical (unpaired) electrons. The SMILES string of the molecule is COCCN(CCC(=O)N1CCN(Cc2ccccc2)CC1)C(C)=O. The molecule has 0 bridgehead atoms. The van der Waals surface area contributed by atoms with Crippen molar-refractivity contribution in [3.8, 4) is 0 Å². The number of piperazine rings is 1.